The number of hydrogen-bond acceptors (Lipinski definition) is 5. The van der Waals surface area contributed by atoms with Crippen molar-refractivity contribution >= 4 is 23.4 Å². The van der Waals surface area contributed by atoms with Crippen molar-refractivity contribution in [2.24, 2.45) is 0 Å². The summed E-state index contributed by atoms with van der Waals surface area (Å²) in [6.07, 6.45) is 0.702. The lowest BCUT2D eigenvalue weighted by Gasteiger charge is -2.11. The number of carbonyl (C=O) groups is 1. The number of hydrogen-bond donors (Lipinski definition) is 2. The summed E-state index contributed by atoms with van der Waals surface area (Å²) in [7, 11) is 0. The maximum atomic E-state index is 12.2. The van der Waals surface area contributed by atoms with Crippen LogP contribution in [-0.2, 0) is 11.2 Å². The number of nitrogens with two attached hydrogens (primary N) is 1. The number of thioether (sulfide) groups is 1. The first-order chi connectivity index (χ1) is 10.0. The van der Waals surface area contributed by atoms with Crippen molar-refractivity contribution in [3.8, 4) is 0 Å². The molecular formula is C14H19N5OS. The molecule has 0 saturated heterocycles. The molecule has 1 atom stereocenters. The van der Waals surface area contributed by atoms with Gasteiger partial charge < -0.3 is 11.2 Å². The zero-order valence-corrected chi connectivity index (χ0v) is 13.1. The number of benzene rings is 1. The third kappa shape index (κ3) is 3.75. The van der Waals surface area contributed by atoms with E-state index in [4.69, 9.17) is 5.84 Å². The van der Waals surface area contributed by atoms with Gasteiger partial charge in [0.25, 0.3) is 0 Å². The lowest BCUT2D eigenvalue weighted by atomic mass is 10.2. The van der Waals surface area contributed by atoms with Crippen molar-refractivity contribution in [1.82, 2.24) is 14.9 Å². The highest BCUT2D eigenvalue weighted by Gasteiger charge is 2.19. The monoisotopic (exact) mass is 305 g/mol. The molecular weight excluding hydrogens is 286 g/mol. The number of nitrogens with one attached hydrogen (secondary N) is 1. The van der Waals surface area contributed by atoms with Gasteiger partial charge in [-0.1, -0.05) is 36.4 Å². The normalized spacial score (nSPS) is 12.1. The predicted octanol–water partition coefficient (Wildman–Crippen LogP) is 1.98. The fourth-order valence-electron chi connectivity index (χ4n) is 1.72. The fourth-order valence-corrected chi connectivity index (χ4v) is 2.51. The number of amides is 1. The van der Waals surface area contributed by atoms with Crippen molar-refractivity contribution in [2.75, 3.05) is 11.2 Å². The topological polar surface area (TPSA) is 85.8 Å². The first-order valence-electron chi connectivity index (χ1n) is 6.74. The third-order valence-corrected chi connectivity index (χ3v) is 4.08. The van der Waals surface area contributed by atoms with Crippen molar-refractivity contribution in [3.63, 3.8) is 0 Å². The zero-order chi connectivity index (χ0) is 15.4. The Morgan fingerprint density at radius 2 is 2.05 bits per heavy atom. The van der Waals surface area contributed by atoms with Gasteiger partial charge in [0.05, 0.1) is 5.25 Å². The number of nitrogen functional groups attached to an aromatic ring is 1. The van der Waals surface area contributed by atoms with Crippen LogP contribution in [0.1, 0.15) is 25.2 Å². The fraction of sp³-hybridized carbons (Fsp3) is 0.357. The van der Waals surface area contributed by atoms with Crippen LogP contribution in [0, 0.1) is 6.92 Å². The summed E-state index contributed by atoms with van der Waals surface area (Å²) in [5.74, 6) is 6.48. The third-order valence-electron chi connectivity index (χ3n) is 3.02. The van der Waals surface area contributed by atoms with Crippen molar-refractivity contribution in [3.05, 3.63) is 35.7 Å². The summed E-state index contributed by atoms with van der Waals surface area (Å²) in [6.45, 7) is 5.77. The van der Waals surface area contributed by atoms with E-state index in [9.17, 15) is 4.79 Å². The summed E-state index contributed by atoms with van der Waals surface area (Å²) in [5.41, 5.74) is 1.93. The molecule has 112 valence electrons. The molecule has 7 heteroatoms. The molecule has 0 aliphatic heterocycles. The first kappa shape index (κ1) is 15.4. The van der Waals surface area contributed by atoms with E-state index in [1.165, 1.54) is 16.4 Å². The molecule has 1 aromatic carbocycles. The van der Waals surface area contributed by atoms with E-state index >= 15 is 0 Å². The molecule has 21 heavy (non-hydrogen) atoms. The SMILES string of the molecule is CCc1nnc(S[C@H](C)C(=O)Nc2ccc(C)cc2)n1N. The Kier molecular flexibility index (Phi) is 4.85. The van der Waals surface area contributed by atoms with Gasteiger partial charge in [0.1, 0.15) is 0 Å². The number of carbonyl (C=O) groups excluding carboxylic acids is 1. The molecule has 2 aromatic rings. The summed E-state index contributed by atoms with van der Waals surface area (Å²) >= 11 is 1.29. The van der Waals surface area contributed by atoms with Gasteiger partial charge in [-0.2, -0.15) is 0 Å². The van der Waals surface area contributed by atoms with Crippen LogP contribution in [0.25, 0.3) is 0 Å². The highest BCUT2D eigenvalue weighted by atomic mass is 32.2. The molecule has 1 aromatic heterocycles. The van der Waals surface area contributed by atoms with Gasteiger partial charge in [-0.25, -0.2) is 4.68 Å². The van der Waals surface area contributed by atoms with Crippen LogP contribution >= 0.6 is 11.8 Å². The van der Waals surface area contributed by atoms with E-state index in [-0.39, 0.29) is 11.2 Å². The molecule has 0 saturated carbocycles. The van der Waals surface area contributed by atoms with Crippen molar-refractivity contribution < 1.29 is 4.79 Å². The Morgan fingerprint density at radius 1 is 1.38 bits per heavy atom. The zero-order valence-electron chi connectivity index (χ0n) is 12.3. The second-order valence-corrected chi connectivity index (χ2v) is 6.05. The molecule has 0 aliphatic carbocycles. The standard InChI is InChI=1S/C14H19N5OS/c1-4-12-17-18-14(19(12)15)21-10(3)13(20)16-11-7-5-9(2)6-8-11/h5-8,10H,4,15H2,1-3H3,(H,16,20)/t10-/m1/s1. The van der Waals surface area contributed by atoms with Crippen molar-refractivity contribution in [1.29, 1.82) is 0 Å². The molecule has 0 bridgehead atoms. The summed E-state index contributed by atoms with van der Waals surface area (Å²) < 4.78 is 1.43. The van der Waals surface area contributed by atoms with E-state index in [0.29, 0.717) is 17.4 Å². The van der Waals surface area contributed by atoms with E-state index < -0.39 is 0 Å². The highest BCUT2D eigenvalue weighted by Crippen LogP contribution is 2.22. The van der Waals surface area contributed by atoms with Gasteiger partial charge in [0, 0.05) is 12.1 Å². The van der Waals surface area contributed by atoms with Crippen LogP contribution in [0.15, 0.2) is 29.4 Å². The van der Waals surface area contributed by atoms with Gasteiger partial charge in [-0.3, -0.25) is 4.79 Å². The van der Waals surface area contributed by atoms with Gasteiger partial charge in [0.15, 0.2) is 5.82 Å². The number of aryl methyl sites for hydroxylation is 2. The minimum absolute atomic E-state index is 0.0927. The molecule has 0 fully saturated rings. The number of anilines is 1. The number of aromatic nitrogens is 3. The average Bonchev–Trinajstić information content (AvgIpc) is 2.82. The van der Waals surface area contributed by atoms with Gasteiger partial charge in [0.2, 0.25) is 11.1 Å². The molecule has 3 N–H and O–H groups in total. The molecule has 0 radical (unpaired) electrons. The molecule has 1 amide bonds. The van der Waals surface area contributed by atoms with E-state index in [0.717, 1.165) is 11.3 Å². The van der Waals surface area contributed by atoms with Gasteiger partial charge in [-0.15, -0.1) is 10.2 Å². The quantitative estimate of drug-likeness (QED) is 0.651. The second-order valence-electron chi connectivity index (χ2n) is 4.74. The second kappa shape index (κ2) is 6.62. The Morgan fingerprint density at radius 3 is 2.62 bits per heavy atom. The summed E-state index contributed by atoms with van der Waals surface area (Å²) in [4.78, 5) is 12.2. The highest BCUT2D eigenvalue weighted by molar-refractivity contribution is 8.00. The Labute approximate surface area is 128 Å². The van der Waals surface area contributed by atoms with Crippen LogP contribution in [-0.4, -0.2) is 26.0 Å². The number of rotatable bonds is 5. The van der Waals surface area contributed by atoms with E-state index in [2.05, 4.69) is 15.5 Å². The maximum Gasteiger partial charge on any atom is 0.237 e. The van der Waals surface area contributed by atoms with Crippen LogP contribution in [0.4, 0.5) is 5.69 Å². The van der Waals surface area contributed by atoms with Crippen LogP contribution < -0.4 is 11.2 Å². The molecule has 0 spiro atoms. The molecule has 2 rings (SSSR count). The summed E-state index contributed by atoms with van der Waals surface area (Å²) in [6, 6.07) is 7.67. The van der Waals surface area contributed by atoms with Crippen LogP contribution in [0.2, 0.25) is 0 Å². The van der Waals surface area contributed by atoms with Crippen LogP contribution in [0.5, 0.6) is 0 Å². The van der Waals surface area contributed by atoms with Gasteiger partial charge >= 0.3 is 0 Å². The Hall–Kier alpha value is -2.02. The van der Waals surface area contributed by atoms with Gasteiger partial charge in [-0.05, 0) is 26.0 Å². The Bertz CT molecular complexity index is 623. The van der Waals surface area contributed by atoms with Crippen molar-refractivity contribution in [2.45, 2.75) is 37.6 Å². The minimum Gasteiger partial charge on any atom is -0.336 e. The minimum atomic E-state index is -0.317. The molecule has 1 heterocycles. The van der Waals surface area contributed by atoms with E-state index in [1.54, 1.807) is 0 Å². The maximum absolute atomic E-state index is 12.2. The van der Waals surface area contributed by atoms with Crippen LogP contribution in [0.3, 0.4) is 0 Å². The largest absolute Gasteiger partial charge is 0.336 e. The van der Waals surface area contributed by atoms with E-state index in [1.807, 2.05) is 45.0 Å². The lowest BCUT2D eigenvalue weighted by Crippen LogP contribution is -2.23. The molecule has 6 nitrogen and oxygen atoms in total. The predicted molar refractivity (Wildman–Crippen MR) is 84.7 cm³/mol. The molecule has 0 unspecified atom stereocenters. The summed E-state index contributed by atoms with van der Waals surface area (Å²) in [5, 5.41) is 11.1. The Balaban J connectivity index is 1.99. The average molecular weight is 305 g/mol. The smallest absolute Gasteiger partial charge is 0.237 e. The number of nitrogens with zero attached hydrogens (tertiary/aromatic N) is 3. The molecule has 0 aliphatic rings. The first-order valence-corrected chi connectivity index (χ1v) is 7.62. The lowest BCUT2D eigenvalue weighted by molar-refractivity contribution is -0.115.